The number of imidazole rings is 1. The summed E-state index contributed by atoms with van der Waals surface area (Å²) < 4.78 is 19.2. The Balaban J connectivity index is 2.58. The molecule has 2 rings (SSSR count). The Morgan fingerprint density at radius 1 is 1.41 bits per heavy atom. The molecular formula is C12H16N2O2S. The van der Waals surface area contributed by atoms with Gasteiger partial charge in [-0.25, -0.2) is 4.98 Å². The molecule has 1 atom stereocenters. The van der Waals surface area contributed by atoms with E-state index in [2.05, 4.69) is 4.98 Å². The molecule has 0 N–H and O–H groups in total. The van der Waals surface area contributed by atoms with Gasteiger partial charge in [-0.2, -0.15) is 0 Å². The van der Waals surface area contributed by atoms with E-state index in [0.717, 1.165) is 5.65 Å². The molecule has 5 heteroatoms. The molecule has 1 unspecified atom stereocenters. The van der Waals surface area contributed by atoms with Crippen molar-refractivity contribution in [1.82, 2.24) is 9.38 Å². The molecule has 0 saturated carbocycles. The number of methoxy groups -OCH3 is 1. The summed E-state index contributed by atoms with van der Waals surface area (Å²) in [7, 11) is 1.58. The van der Waals surface area contributed by atoms with Crippen LogP contribution in [0, 0.1) is 0 Å². The molecule has 0 aromatic carbocycles. The first kappa shape index (κ1) is 12.3. The molecule has 0 saturated heterocycles. The summed E-state index contributed by atoms with van der Waals surface area (Å²) in [6.07, 6.45) is 5.36. The monoisotopic (exact) mass is 252 g/mol. The van der Waals surface area contributed by atoms with Gasteiger partial charge in [-0.05, 0) is 31.9 Å². The van der Waals surface area contributed by atoms with Gasteiger partial charge in [0, 0.05) is 18.5 Å². The maximum absolute atomic E-state index is 12.4. The Kier molecular flexibility index (Phi) is 3.05. The summed E-state index contributed by atoms with van der Waals surface area (Å²) >= 11 is -1.13. The Morgan fingerprint density at radius 2 is 2.12 bits per heavy atom. The van der Waals surface area contributed by atoms with E-state index in [9.17, 15) is 4.55 Å². The lowest BCUT2D eigenvalue weighted by atomic mass is 10.3. The standard InChI is InChI=1S/C12H16N2O2S/c1-12(2,3)17(15)10-8-14-6-5-13-11(14)7-9(10)16-4/h5-8H,1-4H3. The zero-order valence-electron chi connectivity index (χ0n) is 10.4. The predicted molar refractivity (Wildman–Crippen MR) is 67.9 cm³/mol. The molecule has 0 bridgehead atoms. The van der Waals surface area contributed by atoms with E-state index in [-0.39, 0.29) is 4.75 Å². The highest BCUT2D eigenvalue weighted by Gasteiger charge is 2.31. The van der Waals surface area contributed by atoms with E-state index in [1.807, 2.05) is 37.6 Å². The molecule has 92 valence electrons. The first-order valence-electron chi connectivity index (χ1n) is 5.36. The Bertz CT molecular complexity index is 531. The molecule has 0 aliphatic carbocycles. The van der Waals surface area contributed by atoms with Crippen LogP contribution in [0.15, 0.2) is 29.6 Å². The fourth-order valence-corrected chi connectivity index (χ4v) is 2.75. The smallest absolute Gasteiger partial charge is 0.211 e. The molecular weight excluding hydrogens is 236 g/mol. The van der Waals surface area contributed by atoms with Crippen molar-refractivity contribution in [3.63, 3.8) is 0 Å². The SMILES string of the molecule is COc1cc2nccn2cc1[S+]([O-])C(C)(C)C. The first-order valence-corrected chi connectivity index (χ1v) is 6.51. The van der Waals surface area contributed by atoms with E-state index < -0.39 is 11.2 Å². The second-order valence-electron chi connectivity index (χ2n) is 4.78. The van der Waals surface area contributed by atoms with Crippen LogP contribution in [0.4, 0.5) is 0 Å². The fourth-order valence-electron chi connectivity index (χ4n) is 1.55. The van der Waals surface area contributed by atoms with Gasteiger partial charge >= 0.3 is 0 Å². The van der Waals surface area contributed by atoms with E-state index in [4.69, 9.17) is 4.74 Å². The highest BCUT2D eigenvalue weighted by molar-refractivity contribution is 7.92. The Morgan fingerprint density at radius 3 is 2.71 bits per heavy atom. The zero-order chi connectivity index (χ0) is 12.6. The van der Waals surface area contributed by atoms with Gasteiger partial charge in [0.1, 0.15) is 10.4 Å². The maximum Gasteiger partial charge on any atom is 0.211 e. The van der Waals surface area contributed by atoms with Crippen molar-refractivity contribution in [2.75, 3.05) is 7.11 Å². The van der Waals surface area contributed by atoms with Gasteiger partial charge in [-0.15, -0.1) is 0 Å². The van der Waals surface area contributed by atoms with Crippen molar-refractivity contribution < 1.29 is 9.29 Å². The number of pyridine rings is 1. The molecule has 4 nitrogen and oxygen atoms in total. The van der Waals surface area contributed by atoms with Crippen LogP contribution in [-0.2, 0) is 11.2 Å². The van der Waals surface area contributed by atoms with Gasteiger partial charge in [-0.3, -0.25) is 0 Å². The lowest BCUT2D eigenvalue weighted by Gasteiger charge is -2.25. The number of hydrogen-bond donors (Lipinski definition) is 0. The average Bonchev–Trinajstić information content (AvgIpc) is 2.71. The number of fused-ring (bicyclic) bond motifs is 1. The van der Waals surface area contributed by atoms with Crippen LogP contribution in [0.25, 0.3) is 5.65 Å². The van der Waals surface area contributed by atoms with Crippen molar-refractivity contribution in [1.29, 1.82) is 0 Å². The maximum atomic E-state index is 12.4. The molecule has 0 spiro atoms. The lowest BCUT2D eigenvalue weighted by Crippen LogP contribution is -2.28. The molecule has 2 aromatic rings. The van der Waals surface area contributed by atoms with Gasteiger partial charge in [0.15, 0.2) is 5.75 Å². The van der Waals surface area contributed by atoms with Crippen LogP contribution in [-0.4, -0.2) is 25.8 Å². The summed E-state index contributed by atoms with van der Waals surface area (Å²) in [5.41, 5.74) is 0.788. The van der Waals surface area contributed by atoms with Gasteiger partial charge < -0.3 is 13.7 Å². The van der Waals surface area contributed by atoms with Crippen LogP contribution < -0.4 is 4.74 Å². The number of rotatable bonds is 2. The van der Waals surface area contributed by atoms with Crippen LogP contribution >= 0.6 is 0 Å². The van der Waals surface area contributed by atoms with E-state index in [1.54, 1.807) is 19.4 Å². The molecule has 0 aliphatic rings. The lowest BCUT2D eigenvalue weighted by molar-refractivity contribution is 0.401. The molecule has 0 radical (unpaired) electrons. The fraction of sp³-hybridized carbons (Fsp3) is 0.417. The molecule has 0 amide bonds. The van der Waals surface area contributed by atoms with Crippen LogP contribution in [0.2, 0.25) is 0 Å². The summed E-state index contributed by atoms with van der Waals surface area (Å²) in [5.74, 6) is 0.622. The molecule has 0 fully saturated rings. The highest BCUT2D eigenvalue weighted by atomic mass is 32.2. The first-order chi connectivity index (χ1) is 7.93. The number of aromatic nitrogens is 2. The topological polar surface area (TPSA) is 49.6 Å². The molecule has 2 aromatic heterocycles. The second kappa shape index (κ2) is 4.23. The Labute approximate surface area is 104 Å². The third kappa shape index (κ3) is 2.25. The van der Waals surface area contributed by atoms with E-state index in [1.165, 1.54) is 0 Å². The van der Waals surface area contributed by atoms with Crippen molar-refractivity contribution in [2.24, 2.45) is 0 Å². The van der Waals surface area contributed by atoms with Gasteiger partial charge in [0.2, 0.25) is 4.90 Å². The van der Waals surface area contributed by atoms with Gasteiger partial charge in [0.05, 0.1) is 13.3 Å². The molecule has 2 heterocycles. The molecule has 17 heavy (non-hydrogen) atoms. The minimum Gasteiger partial charge on any atom is -0.611 e. The van der Waals surface area contributed by atoms with Crippen LogP contribution in [0.5, 0.6) is 5.75 Å². The highest BCUT2D eigenvalue weighted by Crippen LogP contribution is 2.32. The number of ether oxygens (including phenoxy) is 1. The summed E-state index contributed by atoms with van der Waals surface area (Å²) in [6.45, 7) is 5.84. The largest absolute Gasteiger partial charge is 0.611 e. The summed E-state index contributed by atoms with van der Waals surface area (Å²) in [5, 5.41) is 0. The van der Waals surface area contributed by atoms with Crippen molar-refractivity contribution in [2.45, 2.75) is 30.4 Å². The average molecular weight is 252 g/mol. The van der Waals surface area contributed by atoms with Crippen molar-refractivity contribution in [3.8, 4) is 5.75 Å². The summed E-state index contributed by atoms with van der Waals surface area (Å²) in [4.78, 5) is 4.87. The van der Waals surface area contributed by atoms with E-state index in [0.29, 0.717) is 10.6 Å². The second-order valence-corrected chi connectivity index (χ2v) is 6.98. The number of hydrogen-bond acceptors (Lipinski definition) is 3. The van der Waals surface area contributed by atoms with Gasteiger partial charge in [0.25, 0.3) is 0 Å². The third-order valence-electron chi connectivity index (χ3n) is 2.43. The minimum absolute atomic E-state index is 0.318. The van der Waals surface area contributed by atoms with Crippen molar-refractivity contribution in [3.05, 3.63) is 24.7 Å². The van der Waals surface area contributed by atoms with Crippen molar-refractivity contribution >= 4 is 16.8 Å². The minimum atomic E-state index is -1.13. The van der Waals surface area contributed by atoms with Crippen LogP contribution in [0.3, 0.4) is 0 Å². The van der Waals surface area contributed by atoms with E-state index >= 15 is 0 Å². The predicted octanol–water partition coefficient (Wildman–Crippen LogP) is 2.25. The normalized spacial score (nSPS) is 13.9. The quantitative estimate of drug-likeness (QED) is 0.770. The summed E-state index contributed by atoms with van der Waals surface area (Å²) in [6, 6.07) is 1.80. The van der Waals surface area contributed by atoms with Crippen LogP contribution in [0.1, 0.15) is 20.8 Å². The number of nitrogens with zero attached hydrogens (tertiary/aromatic N) is 2. The Hall–Kier alpha value is -1.20. The van der Waals surface area contributed by atoms with Gasteiger partial charge in [-0.1, -0.05) is 0 Å². The zero-order valence-corrected chi connectivity index (χ0v) is 11.2. The molecule has 0 aliphatic heterocycles. The third-order valence-corrected chi connectivity index (χ3v) is 4.25.